The Morgan fingerprint density at radius 1 is 0.962 bits per heavy atom. The average molecular weight is 352 g/mol. The minimum Gasteiger partial charge on any atom is -0.467 e. The Balaban J connectivity index is 1.50. The van der Waals surface area contributed by atoms with E-state index in [1.165, 1.54) is 5.52 Å². The van der Waals surface area contributed by atoms with Gasteiger partial charge in [0.05, 0.1) is 37.2 Å². The van der Waals surface area contributed by atoms with Crippen molar-refractivity contribution in [3.63, 3.8) is 0 Å². The summed E-state index contributed by atoms with van der Waals surface area (Å²) in [5, 5.41) is 4.92. The fraction of sp³-hybridized carbons (Fsp3) is 0.421. The summed E-state index contributed by atoms with van der Waals surface area (Å²) in [5.74, 6) is 1.98. The van der Waals surface area contributed by atoms with Gasteiger partial charge in [0.1, 0.15) is 5.76 Å². The van der Waals surface area contributed by atoms with Crippen LogP contribution in [0.25, 0.3) is 11.0 Å². The van der Waals surface area contributed by atoms with Crippen LogP contribution in [0.3, 0.4) is 0 Å². The first-order chi connectivity index (χ1) is 12.8. The van der Waals surface area contributed by atoms with Gasteiger partial charge in [-0.05, 0) is 31.3 Å². The van der Waals surface area contributed by atoms with Crippen LogP contribution in [-0.2, 0) is 13.2 Å². The van der Waals surface area contributed by atoms with Gasteiger partial charge in [0, 0.05) is 26.2 Å². The van der Waals surface area contributed by atoms with Gasteiger partial charge < -0.3 is 14.2 Å². The summed E-state index contributed by atoms with van der Waals surface area (Å²) >= 11 is 0. The van der Waals surface area contributed by atoms with Crippen molar-refractivity contribution in [1.82, 2.24) is 24.5 Å². The molecule has 26 heavy (non-hydrogen) atoms. The molecular weight excluding hydrogens is 328 g/mol. The molecule has 2 aliphatic heterocycles. The van der Waals surface area contributed by atoms with E-state index in [1.54, 1.807) is 6.26 Å². The zero-order valence-corrected chi connectivity index (χ0v) is 15.1. The van der Waals surface area contributed by atoms with E-state index in [-0.39, 0.29) is 0 Å². The van der Waals surface area contributed by atoms with Gasteiger partial charge in [0.15, 0.2) is 0 Å². The molecule has 3 aromatic rings. The van der Waals surface area contributed by atoms with E-state index >= 15 is 0 Å². The van der Waals surface area contributed by atoms with Crippen LogP contribution < -0.4 is 4.90 Å². The summed E-state index contributed by atoms with van der Waals surface area (Å²) in [6.45, 7) is 6.72. The van der Waals surface area contributed by atoms with Crippen molar-refractivity contribution in [1.29, 1.82) is 0 Å². The van der Waals surface area contributed by atoms with Crippen molar-refractivity contribution in [2.75, 3.05) is 44.8 Å². The molecule has 0 unspecified atom stereocenters. The van der Waals surface area contributed by atoms with Crippen LogP contribution in [0.1, 0.15) is 5.76 Å². The summed E-state index contributed by atoms with van der Waals surface area (Å²) < 4.78 is 7.92. The van der Waals surface area contributed by atoms with Gasteiger partial charge in [0.25, 0.3) is 0 Å². The lowest BCUT2D eigenvalue weighted by atomic mass is 10.3. The standard InChI is InChI=1S/C19H24N6O/c1-21-8-10-23(11-9-21)24-14-22(13-16-5-4-12-26-16)19-20-17-6-2-3-7-18(17)25(19)15-24/h2-7,12H,8-11,13-15H2,1H3. The highest BCUT2D eigenvalue weighted by Gasteiger charge is 2.30. The van der Waals surface area contributed by atoms with Gasteiger partial charge in [-0.1, -0.05) is 12.1 Å². The van der Waals surface area contributed by atoms with E-state index in [2.05, 4.69) is 55.7 Å². The van der Waals surface area contributed by atoms with E-state index in [4.69, 9.17) is 9.40 Å². The third-order valence-corrected chi connectivity index (χ3v) is 5.36. The summed E-state index contributed by atoms with van der Waals surface area (Å²) in [5.41, 5.74) is 2.23. The first kappa shape index (κ1) is 15.9. The van der Waals surface area contributed by atoms with E-state index in [1.807, 2.05) is 12.1 Å². The molecule has 0 N–H and O–H groups in total. The van der Waals surface area contributed by atoms with Crippen LogP contribution in [0.4, 0.5) is 5.95 Å². The van der Waals surface area contributed by atoms with Crippen LogP contribution in [0.2, 0.25) is 0 Å². The van der Waals surface area contributed by atoms with E-state index in [9.17, 15) is 0 Å². The van der Waals surface area contributed by atoms with E-state index in [0.717, 1.165) is 63.3 Å². The second-order valence-corrected chi connectivity index (χ2v) is 7.15. The highest BCUT2D eigenvalue weighted by molar-refractivity contribution is 5.79. The minimum absolute atomic E-state index is 0.723. The first-order valence-electron chi connectivity index (χ1n) is 9.19. The fourth-order valence-corrected chi connectivity index (χ4v) is 3.88. The highest BCUT2D eigenvalue weighted by atomic mass is 16.3. The zero-order chi connectivity index (χ0) is 17.5. The number of hydrazine groups is 1. The molecule has 0 spiro atoms. The normalized spacial score (nSPS) is 20.0. The number of piperazine rings is 1. The van der Waals surface area contributed by atoms with Crippen LogP contribution in [-0.4, -0.2) is 64.4 Å². The van der Waals surface area contributed by atoms with E-state index in [0.29, 0.717) is 0 Å². The molecular formula is C19H24N6O. The third kappa shape index (κ3) is 2.78. The summed E-state index contributed by atoms with van der Waals surface area (Å²) in [6.07, 6.45) is 1.74. The molecule has 0 atom stereocenters. The Morgan fingerprint density at radius 3 is 2.62 bits per heavy atom. The predicted molar refractivity (Wildman–Crippen MR) is 100 cm³/mol. The number of para-hydroxylation sites is 2. The van der Waals surface area contributed by atoms with Crippen LogP contribution in [0.5, 0.6) is 0 Å². The van der Waals surface area contributed by atoms with Gasteiger partial charge in [0.2, 0.25) is 5.95 Å². The van der Waals surface area contributed by atoms with Gasteiger partial charge in [-0.15, -0.1) is 0 Å². The maximum atomic E-state index is 5.60. The Hall–Kier alpha value is -2.35. The third-order valence-electron chi connectivity index (χ3n) is 5.36. The summed E-state index contributed by atoms with van der Waals surface area (Å²) in [4.78, 5) is 9.59. The number of hydrogen-bond acceptors (Lipinski definition) is 6. The van der Waals surface area contributed by atoms with Crippen molar-refractivity contribution < 1.29 is 4.42 Å². The monoisotopic (exact) mass is 352 g/mol. The molecule has 2 aliphatic rings. The molecule has 136 valence electrons. The Labute approximate surface area is 153 Å². The number of nitrogens with zero attached hydrogens (tertiary/aromatic N) is 6. The summed E-state index contributed by atoms with van der Waals surface area (Å²) in [7, 11) is 2.19. The Bertz CT molecular complexity index is 881. The average Bonchev–Trinajstić information content (AvgIpc) is 3.30. The molecule has 2 aromatic heterocycles. The maximum absolute atomic E-state index is 5.60. The fourth-order valence-electron chi connectivity index (χ4n) is 3.88. The number of aromatic nitrogens is 2. The first-order valence-corrected chi connectivity index (χ1v) is 9.19. The van der Waals surface area contributed by atoms with Crippen LogP contribution in [0.15, 0.2) is 47.1 Å². The predicted octanol–water partition coefficient (Wildman–Crippen LogP) is 2.03. The minimum atomic E-state index is 0.723. The lowest BCUT2D eigenvalue weighted by Crippen LogP contribution is -2.57. The molecule has 0 aliphatic carbocycles. The number of likely N-dealkylation sites (N-methyl/N-ethyl adjacent to an activating group) is 1. The molecule has 0 saturated carbocycles. The summed E-state index contributed by atoms with van der Waals surface area (Å²) in [6, 6.07) is 12.4. The number of rotatable bonds is 3. The van der Waals surface area contributed by atoms with Crippen LogP contribution >= 0.6 is 0 Å². The molecule has 1 aromatic carbocycles. The number of fused-ring (bicyclic) bond motifs is 3. The molecule has 4 heterocycles. The van der Waals surface area contributed by atoms with Crippen molar-refractivity contribution in [3.8, 4) is 0 Å². The molecule has 1 fully saturated rings. The number of anilines is 1. The Morgan fingerprint density at radius 2 is 1.81 bits per heavy atom. The quantitative estimate of drug-likeness (QED) is 0.719. The SMILES string of the molecule is CN1CCN(N2CN(Cc3ccco3)c3nc4ccccc4n3C2)CC1. The highest BCUT2D eigenvalue weighted by Crippen LogP contribution is 2.29. The largest absolute Gasteiger partial charge is 0.467 e. The second-order valence-electron chi connectivity index (χ2n) is 7.15. The number of imidazole rings is 1. The van der Waals surface area contributed by atoms with Crippen molar-refractivity contribution in [2.45, 2.75) is 13.2 Å². The van der Waals surface area contributed by atoms with Gasteiger partial charge in [-0.25, -0.2) is 15.0 Å². The molecule has 0 radical (unpaired) electrons. The molecule has 7 nitrogen and oxygen atoms in total. The smallest absolute Gasteiger partial charge is 0.209 e. The van der Waals surface area contributed by atoms with Crippen molar-refractivity contribution >= 4 is 17.0 Å². The molecule has 7 heteroatoms. The molecule has 1 saturated heterocycles. The molecule has 0 amide bonds. The number of benzene rings is 1. The van der Waals surface area contributed by atoms with Crippen LogP contribution in [0, 0.1) is 0 Å². The van der Waals surface area contributed by atoms with Gasteiger partial charge in [-0.3, -0.25) is 4.57 Å². The van der Waals surface area contributed by atoms with Crippen molar-refractivity contribution in [2.24, 2.45) is 0 Å². The van der Waals surface area contributed by atoms with Gasteiger partial charge >= 0.3 is 0 Å². The lowest BCUT2D eigenvalue weighted by Gasteiger charge is -2.45. The zero-order valence-electron chi connectivity index (χ0n) is 15.1. The van der Waals surface area contributed by atoms with E-state index < -0.39 is 0 Å². The number of furan rings is 1. The van der Waals surface area contributed by atoms with Gasteiger partial charge in [-0.2, -0.15) is 0 Å². The molecule has 0 bridgehead atoms. The number of hydrogen-bond donors (Lipinski definition) is 0. The maximum Gasteiger partial charge on any atom is 0.209 e. The second kappa shape index (κ2) is 6.42. The lowest BCUT2D eigenvalue weighted by molar-refractivity contribution is -0.0806. The molecule has 5 rings (SSSR count). The topological polar surface area (TPSA) is 43.9 Å². The van der Waals surface area contributed by atoms with Crippen molar-refractivity contribution in [3.05, 3.63) is 48.4 Å². The Kier molecular flexibility index (Phi) is 3.92.